The SMILES string of the molecule is CN=C(C(=CN)c1ccc2c(=O)[nH]nc(CN)c2c1)c1c(C#N)cc2ccccc2c1Cl. The van der Waals surface area contributed by atoms with Crippen molar-refractivity contribution in [2.45, 2.75) is 6.54 Å². The van der Waals surface area contributed by atoms with E-state index in [-0.39, 0.29) is 12.1 Å². The van der Waals surface area contributed by atoms with Crippen LogP contribution in [0.5, 0.6) is 0 Å². The van der Waals surface area contributed by atoms with Gasteiger partial charge in [-0.05, 0) is 29.1 Å². The Morgan fingerprint density at radius 2 is 2.00 bits per heavy atom. The highest BCUT2D eigenvalue weighted by atomic mass is 35.5. The molecule has 8 heteroatoms. The predicted octanol–water partition coefficient (Wildman–Crippen LogP) is 3.48. The fraction of sp³-hybridized carbons (Fsp3) is 0.0833. The molecule has 0 saturated carbocycles. The number of aromatic nitrogens is 2. The Bertz CT molecular complexity index is 1530. The fourth-order valence-corrected chi connectivity index (χ4v) is 4.21. The first-order valence-corrected chi connectivity index (χ1v) is 10.1. The summed E-state index contributed by atoms with van der Waals surface area (Å²) in [5.74, 6) is 0. The Balaban J connectivity index is 1.97. The summed E-state index contributed by atoms with van der Waals surface area (Å²) in [7, 11) is 1.62. The zero-order valence-corrected chi connectivity index (χ0v) is 17.9. The highest BCUT2D eigenvalue weighted by molar-refractivity contribution is 6.44. The quantitative estimate of drug-likeness (QED) is 0.416. The molecular formula is C24H19ClN6O. The van der Waals surface area contributed by atoms with Crippen molar-refractivity contribution in [1.29, 1.82) is 5.26 Å². The molecule has 0 fully saturated rings. The molecule has 5 N–H and O–H groups in total. The molecular weight excluding hydrogens is 424 g/mol. The number of H-pyrrole nitrogens is 1. The zero-order valence-electron chi connectivity index (χ0n) is 17.2. The van der Waals surface area contributed by atoms with Crippen LogP contribution in [-0.4, -0.2) is 23.0 Å². The molecule has 4 aromatic rings. The van der Waals surface area contributed by atoms with Gasteiger partial charge in [0.15, 0.2) is 0 Å². The van der Waals surface area contributed by atoms with Gasteiger partial charge in [0, 0.05) is 41.7 Å². The molecule has 0 aliphatic carbocycles. The molecule has 3 aromatic carbocycles. The van der Waals surface area contributed by atoms with Crippen LogP contribution in [0.3, 0.4) is 0 Å². The van der Waals surface area contributed by atoms with E-state index >= 15 is 0 Å². The second-order valence-corrected chi connectivity index (χ2v) is 7.44. The molecule has 0 radical (unpaired) electrons. The molecule has 0 spiro atoms. The van der Waals surface area contributed by atoms with Crippen LogP contribution in [-0.2, 0) is 6.54 Å². The first-order valence-electron chi connectivity index (χ1n) is 9.76. The molecule has 32 heavy (non-hydrogen) atoms. The van der Waals surface area contributed by atoms with E-state index in [1.807, 2.05) is 24.3 Å². The average Bonchev–Trinajstić information content (AvgIpc) is 2.83. The van der Waals surface area contributed by atoms with Crippen molar-refractivity contribution in [2.75, 3.05) is 7.05 Å². The summed E-state index contributed by atoms with van der Waals surface area (Å²) in [4.78, 5) is 16.6. The third-order valence-electron chi connectivity index (χ3n) is 5.36. The lowest BCUT2D eigenvalue weighted by Gasteiger charge is -2.16. The topological polar surface area (TPSA) is 134 Å². The van der Waals surface area contributed by atoms with Gasteiger partial charge in [0.25, 0.3) is 5.56 Å². The van der Waals surface area contributed by atoms with Gasteiger partial charge in [0.1, 0.15) is 0 Å². The van der Waals surface area contributed by atoms with Crippen LogP contribution in [0.25, 0.3) is 27.1 Å². The second-order valence-electron chi connectivity index (χ2n) is 7.06. The van der Waals surface area contributed by atoms with Crippen LogP contribution in [0.2, 0.25) is 5.02 Å². The van der Waals surface area contributed by atoms with Crippen LogP contribution >= 0.6 is 11.6 Å². The van der Waals surface area contributed by atoms with E-state index < -0.39 is 0 Å². The molecule has 0 bridgehead atoms. The molecule has 4 rings (SSSR count). The summed E-state index contributed by atoms with van der Waals surface area (Å²) in [6, 6.07) is 16.8. The van der Waals surface area contributed by atoms with Gasteiger partial charge in [-0.1, -0.05) is 41.9 Å². The summed E-state index contributed by atoms with van der Waals surface area (Å²) in [6.45, 7) is 0.155. The standard InChI is InChI=1S/C24H19ClN6O/c1-29-23(21-15(10-26)8-13-4-2-3-5-16(13)22(21)25)19(11-27)14-6-7-17-18(9-14)20(12-28)30-31-24(17)32/h2-9,11H,12,27-28H2,1H3,(H,31,32). The number of nitrogens with two attached hydrogens (primary N) is 2. The number of rotatable bonds is 4. The van der Waals surface area contributed by atoms with Gasteiger partial charge in [-0.15, -0.1) is 0 Å². The van der Waals surface area contributed by atoms with Crippen molar-refractivity contribution in [3.05, 3.63) is 92.5 Å². The third kappa shape index (κ3) is 3.42. The maximum Gasteiger partial charge on any atom is 0.272 e. The number of nitriles is 1. The Hall–Kier alpha value is -3.99. The molecule has 1 aromatic heterocycles. The first kappa shape index (κ1) is 21.2. The average molecular weight is 443 g/mol. The number of nitrogens with one attached hydrogen (secondary N) is 1. The number of nitrogens with zero attached hydrogens (tertiary/aromatic N) is 3. The highest BCUT2D eigenvalue weighted by Crippen LogP contribution is 2.34. The number of aromatic amines is 1. The molecule has 0 saturated heterocycles. The van der Waals surface area contributed by atoms with Gasteiger partial charge < -0.3 is 11.5 Å². The van der Waals surface area contributed by atoms with E-state index in [9.17, 15) is 10.1 Å². The van der Waals surface area contributed by atoms with Crippen LogP contribution in [0.1, 0.15) is 22.4 Å². The van der Waals surface area contributed by atoms with Gasteiger partial charge in [0.2, 0.25) is 0 Å². The molecule has 158 valence electrons. The number of allylic oxidation sites excluding steroid dienone is 1. The van der Waals surface area contributed by atoms with Gasteiger partial charge in [-0.2, -0.15) is 10.4 Å². The van der Waals surface area contributed by atoms with Gasteiger partial charge in [-0.25, -0.2) is 5.10 Å². The number of halogens is 1. The van der Waals surface area contributed by atoms with E-state index in [0.717, 1.165) is 10.8 Å². The largest absolute Gasteiger partial charge is 0.404 e. The summed E-state index contributed by atoms with van der Waals surface area (Å²) in [5, 5.41) is 19.5. The lowest BCUT2D eigenvalue weighted by Crippen LogP contribution is -2.14. The van der Waals surface area contributed by atoms with Gasteiger partial charge >= 0.3 is 0 Å². The van der Waals surface area contributed by atoms with E-state index in [2.05, 4.69) is 21.3 Å². The Labute approximate surface area is 188 Å². The minimum atomic E-state index is -0.309. The minimum absolute atomic E-state index is 0.155. The van der Waals surface area contributed by atoms with Gasteiger partial charge in [0.05, 0.1) is 33.4 Å². The molecule has 0 atom stereocenters. The number of fused-ring (bicyclic) bond motifs is 2. The normalized spacial score (nSPS) is 12.3. The molecule has 1 heterocycles. The van der Waals surface area contributed by atoms with Crippen molar-refractivity contribution in [3.63, 3.8) is 0 Å². The summed E-state index contributed by atoms with van der Waals surface area (Å²) in [6.07, 6.45) is 1.42. The highest BCUT2D eigenvalue weighted by Gasteiger charge is 2.21. The zero-order chi connectivity index (χ0) is 22.8. The Kier molecular flexibility index (Phi) is 5.73. The second kappa shape index (κ2) is 8.63. The van der Waals surface area contributed by atoms with Crippen LogP contribution < -0.4 is 17.0 Å². The van der Waals surface area contributed by atoms with Crippen molar-refractivity contribution >= 4 is 44.4 Å². The van der Waals surface area contributed by atoms with Crippen LogP contribution in [0.4, 0.5) is 0 Å². The third-order valence-corrected chi connectivity index (χ3v) is 5.75. The number of hydrogen-bond donors (Lipinski definition) is 3. The first-order chi connectivity index (χ1) is 15.5. The monoisotopic (exact) mass is 442 g/mol. The van der Waals surface area contributed by atoms with Crippen molar-refractivity contribution in [3.8, 4) is 6.07 Å². The maximum atomic E-state index is 12.2. The number of aliphatic imine (C=N–C) groups is 1. The molecule has 0 unspecified atom stereocenters. The number of hydrogen-bond acceptors (Lipinski definition) is 6. The smallest absolute Gasteiger partial charge is 0.272 e. The van der Waals surface area contributed by atoms with Crippen molar-refractivity contribution in [2.24, 2.45) is 16.5 Å². The maximum absolute atomic E-state index is 12.2. The van der Waals surface area contributed by atoms with E-state index in [0.29, 0.717) is 49.5 Å². The lowest BCUT2D eigenvalue weighted by molar-refractivity contribution is 0.900. The lowest BCUT2D eigenvalue weighted by atomic mass is 9.90. The van der Waals surface area contributed by atoms with Crippen LogP contribution in [0, 0.1) is 11.3 Å². The summed E-state index contributed by atoms with van der Waals surface area (Å²) >= 11 is 6.78. The molecule has 0 amide bonds. The summed E-state index contributed by atoms with van der Waals surface area (Å²) < 4.78 is 0. The van der Waals surface area contributed by atoms with E-state index in [4.69, 9.17) is 23.1 Å². The predicted molar refractivity (Wildman–Crippen MR) is 129 cm³/mol. The number of benzene rings is 3. The molecule has 7 nitrogen and oxygen atoms in total. The fourth-order valence-electron chi connectivity index (χ4n) is 3.84. The molecule has 0 aliphatic heterocycles. The Morgan fingerprint density at radius 3 is 2.69 bits per heavy atom. The van der Waals surface area contributed by atoms with Crippen molar-refractivity contribution in [1.82, 2.24) is 10.2 Å². The summed E-state index contributed by atoms with van der Waals surface area (Å²) in [5.41, 5.74) is 14.7. The van der Waals surface area contributed by atoms with E-state index in [1.54, 1.807) is 31.3 Å². The van der Waals surface area contributed by atoms with Crippen molar-refractivity contribution < 1.29 is 0 Å². The van der Waals surface area contributed by atoms with E-state index in [1.165, 1.54) is 6.20 Å². The minimum Gasteiger partial charge on any atom is -0.404 e. The van der Waals surface area contributed by atoms with Crippen LogP contribution in [0.15, 0.2) is 64.5 Å². The molecule has 0 aliphatic rings. The van der Waals surface area contributed by atoms with Gasteiger partial charge in [-0.3, -0.25) is 9.79 Å². The Morgan fingerprint density at radius 1 is 1.22 bits per heavy atom.